The second kappa shape index (κ2) is 3.66. The molecule has 5 atom stereocenters. The maximum Gasteiger partial charge on any atom is 0.160 e. The van der Waals surface area contributed by atoms with Crippen LogP contribution in [-0.4, -0.2) is 11.6 Å². The van der Waals surface area contributed by atoms with E-state index < -0.39 is 0 Å². The average Bonchev–Trinajstić information content (AvgIpc) is 2.80. The van der Waals surface area contributed by atoms with Crippen LogP contribution in [0.25, 0.3) is 0 Å². The Morgan fingerprint density at radius 2 is 1.86 bits per heavy atom. The van der Waals surface area contributed by atoms with Crippen molar-refractivity contribution in [3.63, 3.8) is 0 Å². The first-order valence-electron chi connectivity index (χ1n) is 8.59. The summed E-state index contributed by atoms with van der Waals surface area (Å²) in [4.78, 5) is 25.0. The van der Waals surface area contributed by atoms with E-state index in [-0.39, 0.29) is 27.6 Å². The lowest BCUT2D eigenvalue weighted by Crippen LogP contribution is -2.52. The number of hydrogen-bond acceptors (Lipinski definition) is 2. The summed E-state index contributed by atoms with van der Waals surface area (Å²) in [6.07, 6.45) is 7.62. The molecule has 0 bridgehead atoms. The third-order valence-electron chi connectivity index (χ3n) is 8.12. The van der Waals surface area contributed by atoms with Gasteiger partial charge in [-0.05, 0) is 36.7 Å². The van der Waals surface area contributed by atoms with Gasteiger partial charge in [0.2, 0.25) is 0 Å². The van der Waals surface area contributed by atoms with Crippen LogP contribution in [-0.2, 0) is 9.59 Å². The highest BCUT2D eigenvalue weighted by molar-refractivity contribution is 6.02. The Bertz CT molecular complexity index is 655. The molecule has 0 amide bonds. The van der Waals surface area contributed by atoms with Crippen LogP contribution < -0.4 is 0 Å². The molecule has 3 fully saturated rings. The van der Waals surface area contributed by atoms with Crippen LogP contribution in [0, 0.1) is 33.5 Å². The summed E-state index contributed by atoms with van der Waals surface area (Å²) in [5.74, 6) is 1.18. The molecular formula is C20H26O2. The van der Waals surface area contributed by atoms with Crippen molar-refractivity contribution in [2.75, 3.05) is 0 Å². The Hall–Kier alpha value is -1.18. The second-order valence-electron chi connectivity index (χ2n) is 9.01. The number of Topliss-reactive ketones (excluding diaryl/α,β-unsaturated/α-hetero) is 1. The fraction of sp³-hybridized carbons (Fsp3) is 0.700. The largest absolute Gasteiger partial charge is 0.299 e. The van der Waals surface area contributed by atoms with Gasteiger partial charge in [0.05, 0.1) is 0 Å². The second-order valence-corrected chi connectivity index (χ2v) is 9.01. The predicted octanol–water partition coefficient (Wildman–Crippen LogP) is 4.11. The zero-order valence-electron chi connectivity index (χ0n) is 14.2. The normalized spacial score (nSPS) is 51.5. The van der Waals surface area contributed by atoms with Gasteiger partial charge in [-0.1, -0.05) is 39.3 Å². The average molecular weight is 298 g/mol. The lowest BCUT2D eigenvalue weighted by Gasteiger charge is -2.56. The lowest BCUT2D eigenvalue weighted by atomic mass is 9.47. The van der Waals surface area contributed by atoms with E-state index in [0.717, 1.165) is 19.3 Å². The standard InChI is InChI=1S/C20H26O2/c1-6-19(5)16-12(21)11-14-18(4)9-8-15(22)17(2,3)13(18)7-10-20(14,16)19/h6,11,13,16H,1,7-10H2,2-5H3/t13-,16+,18-,19+,20?/m1/s1. The molecule has 0 saturated heterocycles. The smallest absolute Gasteiger partial charge is 0.160 e. The third kappa shape index (κ3) is 1.19. The summed E-state index contributed by atoms with van der Waals surface area (Å²) in [5.41, 5.74) is 1.05. The molecule has 1 unspecified atom stereocenters. The number of allylic oxidation sites excluding steroid dienone is 3. The predicted molar refractivity (Wildman–Crippen MR) is 86.2 cm³/mol. The Kier molecular flexibility index (Phi) is 2.40. The Balaban J connectivity index is 1.86. The minimum atomic E-state index is -0.268. The van der Waals surface area contributed by atoms with Gasteiger partial charge in [0.1, 0.15) is 5.78 Å². The van der Waals surface area contributed by atoms with Gasteiger partial charge in [-0.25, -0.2) is 0 Å². The fourth-order valence-corrected chi connectivity index (χ4v) is 6.81. The molecule has 4 aliphatic rings. The van der Waals surface area contributed by atoms with Crippen LogP contribution in [0.15, 0.2) is 24.3 Å². The quantitative estimate of drug-likeness (QED) is 0.683. The number of rotatable bonds is 1. The molecule has 0 aromatic carbocycles. The van der Waals surface area contributed by atoms with Crippen molar-refractivity contribution < 1.29 is 9.59 Å². The zero-order valence-corrected chi connectivity index (χ0v) is 14.2. The van der Waals surface area contributed by atoms with E-state index in [2.05, 4.69) is 34.3 Å². The molecule has 2 nitrogen and oxygen atoms in total. The van der Waals surface area contributed by atoms with Gasteiger partial charge in [-0.15, -0.1) is 6.58 Å². The Morgan fingerprint density at radius 3 is 2.45 bits per heavy atom. The molecule has 0 N–H and O–H groups in total. The van der Waals surface area contributed by atoms with E-state index in [0.29, 0.717) is 23.9 Å². The zero-order chi connectivity index (χ0) is 16.1. The fourth-order valence-electron chi connectivity index (χ4n) is 6.81. The van der Waals surface area contributed by atoms with Crippen molar-refractivity contribution in [3.8, 4) is 0 Å². The van der Waals surface area contributed by atoms with E-state index in [1.54, 1.807) is 0 Å². The molecule has 0 aliphatic heterocycles. The molecule has 1 spiro atoms. The van der Waals surface area contributed by atoms with Crippen molar-refractivity contribution in [1.29, 1.82) is 0 Å². The molecule has 3 saturated carbocycles. The summed E-state index contributed by atoms with van der Waals surface area (Å²) in [6, 6.07) is 0. The topological polar surface area (TPSA) is 34.1 Å². The molecular weight excluding hydrogens is 272 g/mol. The van der Waals surface area contributed by atoms with Gasteiger partial charge < -0.3 is 0 Å². The molecule has 4 aliphatic carbocycles. The lowest BCUT2D eigenvalue weighted by molar-refractivity contribution is -0.140. The highest BCUT2D eigenvalue weighted by Gasteiger charge is 2.81. The van der Waals surface area contributed by atoms with E-state index in [9.17, 15) is 9.59 Å². The van der Waals surface area contributed by atoms with Crippen LogP contribution >= 0.6 is 0 Å². The number of ketones is 2. The summed E-state index contributed by atoms with van der Waals surface area (Å²) < 4.78 is 0. The molecule has 0 aromatic heterocycles. The molecule has 22 heavy (non-hydrogen) atoms. The van der Waals surface area contributed by atoms with E-state index in [4.69, 9.17) is 0 Å². The van der Waals surface area contributed by atoms with Gasteiger partial charge in [-0.2, -0.15) is 0 Å². The van der Waals surface area contributed by atoms with Gasteiger partial charge in [0.15, 0.2) is 5.78 Å². The van der Waals surface area contributed by atoms with Crippen molar-refractivity contribution in [3.05, 3.63) is 24.3 Å². The van der Waals surface area contributed by atoms with E-state index >= 15 is 0 Å². The third-order valence-corrected chi connectivity index (χ3v) is 8.12. The van der Waals surface area contributed by atoms with Crippen LogP contribution in [0.3, 0.4) is 0 Å². The number of hydrogen-bond donors (Lipinski definition) is 0. The SMILES string of the molecule is C=C[C@@]1(C)[C@@H]2C(=O)C=C3C21CC[C@@H]1C(C)(C)C(=O)CC[C@@]31C. The molecule has 2 heteroatoms. The minimum Gasteiger partial charge on any atom is -0.299 e. The van der Waals surface area contributed by atoms with Crippen molar-refractivity contribution in [2.45, 2.75) is 53.4 Å². The highest BCUT2D eigenvalue weighted by atomic mass is 16.1. The summed E-state index contributed by atoms with van der Waals surface area (Å²) in [7, 11) is 0. The van der Waals surface area contributed by atoms with E-state index in [1.807, 2.05) is 12.2 Å². The maximum atomic E-state index is 12.6. The van der Waals surface area contributed by atoms with Crippen molar-refractivity contribution in [1.82, 2.24) is 0 Å². The van der Waals surface area contributed by atoms with Crippen LogP contribution in [0.4, 0.5) is 0 Å². The van der Waals surface area contributed by atoms with Gasteiger partial charge in [0, 0.05) is 28.6 Å². The highest BCUT2D eigenvalue weighted by Crippen LogP contribution is 2.84. The molecule has 118 valence electrons. The molecule has 0 radical (unpaired) electrons. The van der Waals surface area contributed by atoms with Gasteiger partial charge in [0.25, 0.3) is 0 Å². The molecule has 0 heterocycles. The number of carbonyl (C=O) groups is 2. The monoisotopic (exact) mass is 298 g/mol. The first-order chi connectivity index (χ1) is 10.2. The van der Waals surface area contributed by atoms with E-state index in [1.165, 1.54) is 5.57 Å². The van der Waals surface area contributed by atoms with Crippen LogP contribution in [0.2, 0.25) is 0 Å². The number of fused-ring (bicyclic) bond motifs is 2. The van der Waals surface area contributed by atoms with Gasteiger partial charge in [-0.3, -0.25) is 9.59 Å². The first-order valence-corrected chi connectivity index (χ1v) is 8.59. The molecule has 0 aromatic rings. The number of carbonyl (C=O) groups excluding carboxylic acids is 2. The van der Waals surface area contributed by atoms with Crippen molar-refractivity contribution in [2.24, 2.45) is 33.5 Å². The summed E-state index contributed by atoms with van der Waals surface area (Å²) in [5, 5.41) is 0. The van der Waals surface area contributed by atoms with Crippen molar-refractivity contribution >= 4 is 11.6 Å². The minimum absolute atomic E-state index is 0.000833. The maximum absolute atomic E-state index is 12.6. The first kappa shape index (κ1) is 14.4. The Morgan fingerprint density at radius 1 is 1.18 bits per heavy atom. The summed E-state index contributed by atoms with van der Waals surface area (Å²) in [6.45, 7) is 12.8. The van der Waals surface area contributed by atoms with Gasteiger partial charge >= 0.3 is 0 Å². The molecule has 4 rings (SSSR count). The van der Waals surface area contributed by atoms with Crippen LogP contribution in [0.1, 0.15) is 53.4 Å². The Labute approximate surface area is 133 Å². The summed E-state index contributed by atoms with van der Waals surface area (Å²) >= 11 is 0. The van der Waals surface area contributed by atoms with Crippen LogP contribution in [0.5, 0.6) is 0 Å².